The molecule has 0 unspecified atom stereocenters. The van der Waals surface area contributed by atoms with E-state index in [0.717, 1.165) is 40.8 Å². The Kier molecular flexibility index (Phi) is 4.92. The molecule has 150 valence electrons. The molecular formula is C21H22N4O4. The number of amides is 1. The summed E-state index contributed by atoms with van der Waals surface area (Å²) < 4.78 is 6.91. The normalized spacial score (nSPS) is 13.4. The molecule has 0 spiro atoms. The number of benzene rings is 1. The maximum absolute atomic E-state index is 13.0. The second-order valence-electron chi connectivity index (χ2n) is 7.29. The van der Waals surface area contributed by atoms with E-state index in [2.05, 4.69) is 10.4 Å². The van der Waals surface area contributed by atoms with Gasteiger partial charge >= 0.3 is 5.97 Å². The van der Waals surface area contributed by atoms with E-state index < -0.39 is 12.6 Å². The summed E-state index contributed by atoms with van der Waals surface area (Å²) in [6.45, 7) is 1.76. The van der Waals surface area contributed by atoms with Crippen molar-refractivity contribution in [2.24, 2.45) is 7.05 Å². The van der Waals surface area contributed by atoms with Crippen molar-refractivity contribution in [3.8, 4) is 5.75 Å². The number of pyridine rings is 1. The van der Waals surface area contributed by atoms with Crippen molar-refractivity contribution in [3.05, 3.63) is 52.8 Å². The lowest BCUT2D eigenvalue weighted by Gasteiger charge is -2.10. The number of carboxylic acids is 1. The van der Waals surface area contributed by atoms with Gasteiger partial charge in [0.05, 0.1) is 16.6 Å². The van der Waals surface area contributed by atoms with Crippen LogP contribution in [0.1, 0.15) is 46.1 Å². The molecule has 0 radical (unpaired) electrons. The van der Waals surface area contributed by atoms with E-state index in [1.807, 2.05) is 26.1 Å². The molecule has 2 aromatic heterocycles. The van der Waals surface area contributed by atoms with E-state index in [0.29, 0.717) is 23.8 Å². The van der Waals surface area contributed by atoms with Gasteiger partial charge in [-0.1, -0.05) is 12.1 Å². The predicted molar refractivity (Wildman–Crippen MR) is 106 cm³/mol. The van der Waals surface area contributed by atoms with Gasteiger partial charge in [0.25, 0.3) is 5.91 Å². The van der Waals surface area contributed by atoms with Crippen molar-refractivity contribution in [3.63, 3.8) is 0 Å². The maximum Gasteiger partial charge on any atom is 0.341 e. The Labute approximate surface area is 167 Å². The number of hydrogen-bond donors (Lipinski definition) is 2. The molecule has 8 nitrogen and oxygen atoms in total. The lowest BCUT2D eigenvalue weighted by Crippen LogP contribution is -2.23. The zero-order valence-electron chi connectivity index (χ0n) is 16.3. The number of rotatable bonds is 7. The summed E-state index contributed by atoms with van der Waals surface area (Å²) in [4.78, 5) is 28.4. The van der Waals surface area contributed by atoms with Gasteiger partial charge in [-0.05, 0) is 43.5 Å². The first-order valence-corrected chi connectivity index (χ1v) is 9.48. The molecule has 0 aliphatic heterocycles. The third-order valence-electron chi connectivity index (χ3n) is 4.94. The molecule has 0 saturated heterocycles. The average Bonchev–Trinajstić information content (AvgIpc) is 3.51. The standard InChI is InChI=1S/C21H22N4O4/c1-12-19-16(9-17(14-6-7-14)23-20(19)25(2)24-12)21(28)22-10-13-4-3-5-15(8-13)29-11-18(26)27/h3-5,8-9,14H,6-7,10-11H2,1-2H3,(H,22,28)(H,26,27). The number of hydrogen-bond acceptors (Lipinski definition) is 5. The molecule has 8 heteroatoms. The van der Waals surface area contributed by atoms with Gasteiger partial charge in [0.2, 0.25) is 0 Å². The Morgan fingerprint density at radius 3 is 2.83 bits per heavy atom. The molecule has 1 amide bonds. The minimum absolute atomic E-state index is 0.188. The van der Waals surface area contributed by atoms with Crippen molar-refractivity contribution in [2.45, 2.75) is 32.2 Å². The molecule has 3 aromatic rings. The summed E-state index contributed by atoms with van der Waals surface area (Å²) >= 11 is 0. The van der Waals surface area contributed by atoms with E-state index in [9.17, 15) is 9.59 Å². The summed E-state index contributed by atoms with van der Waals surface area (Å²) in [5.74, 6) is -0.357. The van der Waals surface area contributed by atoms with Crippen LogP contribution in [0.5, 0.6) is 5.75 Å². The Balaban J connectivity index is 1.55. The number of carbonyl (C=O) groups is 2. The van der Waals surface area contributed by atoms with Crippen LogP contribution in [-0.4, -0.2) is 38.4 Å². The molecular weight excluding hydrogens is 372 g/mol. The van der Waals surface area contributed by atoms with E-state index in [1.54, 1.807) is 22.9 Å². The van der Waals surface area contributed by atoms with Crippen LogP contribution in [0.3, 0.4) is 0 Å². The number of aliphatic carboxylic acids is 1. The molecule has 2 heterocycles. The van der Waals surface area contributed by atoms with Crippen molar-refractivity contribution in [2.75, 3.05) is 6.61 Å². The SMILES string of the molecule is Cc1nn(C)c2nc(C3CC3)cc(C(=O)NCc3cccc(OCC(=O)O)c3)c12. The molecule has 29 heavy (non-hydrogen) atoms. The fourth-order valence-electron chi connectivity index (χ4n) is 3.40. The van der Waals surface area contributed by atoms with Crippen LogP contribution in [0.15, 0.2) is 30.3 Å². The van der Waals surface area contributed by atoms with Gasteiger partial charge in [0.1, 0.15) is 5.75 Å². The first-order valence-electron chi connectivity index (χ1n) is 9.48. The predicted octanol–water partition coefficient (Wildman–Crippen LogP) is 2.55. The van der Waals surface area contributed by atoms with Crippen LogP contribution in [0, 0.1) is 6.92 Å². The number of carbonyl (C=O) groups excluding carboxylic acids is 1. The molecule has 4 rings (SSSR count). The van der Waals surface area contributed by atoms with Crippen LogP contribution in [-0.2, 0) is 18.4 Å². The summed E-state index contributed by atoms with van der Waals surface area (Å²) in [6.07, 6.45) is 2.19. The first-order chi connectivity index (χ1) is 13.9. The molecule has 2 N–H and O–H groups in total. The van der Waals surface area contributed by atoms with E-state index in [4.69, 9.17) is 14.8 Å². The van der Waals surface area contributed by atoms with Gasteiger partial charge in [0, 0.05) is 25.2 Å². The number of aryl methyl sites for hydroxylation is 2. The van der Waals surface area contributed by atoms with E-state index in [-0.39, 0.29) is 5.91 Å². The van der Waals surface area contributed by atoms with Gasteiger partial charge in [-0.15, -0.1) is 0 Å². The zero-order chi connectivity index (χ0) is 20.5. The fourth-order valence-corrected chi connectivity index (χ4v) is 3.40. The summed E-state index contributed by atoms with van der Waals surface area (Å²) in [5, 5.41) is 16.9. The van der Waals surface area contributed by atoms with Crippen LogP contribution in [0.2, 0.25) is 0 Å². The molecule has 1 aliphatic rings. The average molecular weight is 394 g/mol. The topological polar surface area (TPSA) is 106 Å². The number of fused-ring (bicyclic) bond motifs is 1. The molecule has 1 fully saturated rings. The van der Waals surface area contributed by atoms with Crippen molar-refractivity contribution in [1.82, 2.24) is 20.1 Å². The summed E-state index contributed by atoms with van der Waals surface area (Å²) in [5.41, 5.74) is 3.83. The summed E-state index contributed by atoms with van der Waals surface area (Å²) in [7, 11) is 1.84. The smallest absolute Gasteiger partial charge is 0.341 e. The monoisotopic (exact) mass is 394 g/mol. The maximum atomic E-state index is 13.0. The lowest BCUT2D eigenvalue weighted by atomic mass is 10.1. The van der Waals surface area contributed by atoms with Gasteiger partial charge in [-0.3, -0.25) is 9.48 Å². The largest absolute Gasteiger partial charge is 0.482 e. The molecule has 1 saturated carbocycles. The van der Waals surface area contributed by atoms with Crippen molar-refractivity contribution < 1.29 is 19.4 Å². The second-order valence-corrected chi connectivity index (χ2v) is 7.29. The Bertz CT molecular complexity index is 1100. The first kappa shape index (κ1) is 18.9. The number of aromatic nitrogens is 3. The Hall–Kier alpha value is -3.42. The van der Waals surface area contributed by atoms with Gasteiger partial charge < -0.3 is 15.2 Å². The van der Waals surface area contributed by atoms with Crippen molar-refractivity contribution >= 4 is 22.9 Å². The van der Waals surface area contributed by atoms with Gasteiger partial charge in [-0.25, -0.2) is 9.78 Å². The van der Waals surface area contributed by atoms with Crippen molar-refractivity contribution in [1.29, 1.82) is 0 Å². The number of carboxylic acid groups (broad SMARTS) is 1. The zero-order valence-corrected chi connectivity index (χ0v) is 16.3. The quantitative estimate of drug-likeness (QED) is 0.638. The van der Waals surface area contributed by atoms with Crippen LogP contribution >= 0.6 is 0 Å². The minimum Gasteiger partial charge on any atom is -0.482 e. The fraction of sp³-hybridized carbons (Fsp3) is 0.333. The van der Waals surface area contributed by atoms with E-state index >= 15 is 0 Å². The van der Waals surface area contributed by atoms with Crippen LogP contribution in [0.25, 0.3) is 11.0 Å². The third-order valence-corrected chi connectivity index (χ3v) is 4.94. The molecule has 0 bridgehead atoms. The van der Waals surface area contributed by atoms with Gasteiger partial charge in [0.15, 0.2) is 12.3 Å². The second kappa shape index (κ2) is 7.54. The van der Waals surface area contributed by atoms with Crippen LogP contribution < -0.4 is 10.1 Å². The molecule has 0 atom stereocenters. The lowest BCUT2D eigenvalue weighted by molar-refractivity contribution is -0.139. The summed E-state index contributed by atoms with van der Waals surface area (Å²) in [6, 6.07) is 8.90. The Morgan fingerprint density at radius 2 is 2.10 bits per heavy atom. The van der Waals surface area contributed by atoms with E-state index in [1.165, 1.54) is 0 Å². The van der Waals surface area contributed by atoms with Gasteiger partial charge in [-0.2, -0.15) is 5.10 Å². The number of nitrogens with zero attached hydrogens (tertiary/aromatic N) is 3. The highest BCUT2D eigenvalue weighted by Crippen LogP contribution is 2.40. The molecule has 1 aliphatic carbocycles. The minimum atomic E-state index is -1.04. The number of nitrogens with one attached hydrogen (secondary N) is 1. The highest BCUT2D eigenvalue weighted by molar-refractivity contribution is 6.06. The number of ether oxygens (including phenoxy) is 1. The van der Waals surface area contributed by atoms with Crippen LogP contribution in [0.4, 0.5) is 0 Å². The highest BCUT2D eigenvalue weighted by Gasteiger charge is 2.28. The highest BCUT2D eigenvalue weighted by atomic mass is 16.5. The Morgan fingerprint density at radius 1 is 1.31 bits per heavy atom. The third kappa shape index (κ3) is 4.06. The molecule has 1 aromatic carbocycles.